The summed E-state index contributed by atoms with van der Waals surface area (Å²) in [7, 11) is 0. The average molecular weight is 325 g/mol. The van der Waals surface area contributed by atoms with Crippen molar-refractivity contribution in [3.63, 3.8) is 0 Å². The van der Waals surface area contributed by atoms with Crippen LogP contribution in [0.2, 0.25) is 0 Å². The third kappa shape index (κ3) is 3.79. The first-order valence-corrected chi connectivity index (χ1v) is 8.02. The number of amides is 2. The van der Waals surface area contributed by atoms with E-state index in [0.717, 1.165) is 16.8 Å². The first-order valence-electron chi connectivity index (χ1n) is 8.02. The molecule has 0 bridgehead atoms. The first kappa shape index (κ1) is 17.7. The van der Waals surface area contributed by atoms with Gasteiger partial charge in [-0.1, -0.05) is 52.0 Å². The summed E-state index contributed by atoms with van der Waals surface area (Å²) in [4.78, 5) is 27.9. The smallest absolute Gasteiger partial charge is 0.274 e. The monoisotopic (exact) mass is 325 g/mol. The van der Waals surface area contributed by atoms with Gasteiger partial charge in [0.25, 0.3) is 11.8 Å². The van der Waals surface area contributed by atoms with Crippen molar-refractivity contribution in [3.05, 3.63) is 58.9 Å². The van der Waals surface area contributed by atoms with Crippen LogP contribution in [0.5, 0.6) is 0 Å². The molecule has 24 heavy (non-hydrogen) atoms. The highest BCUT2D eigenvalue weighted by atomic mass is 16.2. The molecule has 0 unspecified atom stereocenters. The molecule has 2 amide bonds. The van der Waals surface area contributed by atoms with Crippen molar-refractivity contribution in [3.8, 4) is 0 Å². The van der Waals surface area contributed by atoms with Crippen molar-refractivity contribution in [1.29, 1.82) is 0 Å². The molecule has 0 saturated heterocycles. The van der Waals surface area contributed by atoms with E-state index in [0.29, 0.717) is 0 Å². The fourth-order valence-corrected chi connectivity index (χ4v) is 2.57. The van der Waals surface area contributed by atoms with Crippen LogP contribution in [0.15, 0.2) is 36.4 Å². The second kappa shape index (κ2) is 7.25. The number of carbonyl (C=O) groups excluding carboxylic acids is 2. The first-order chi connectivity index (χ1) is 11.3. The SMILES string of the molecule is CC(C)c1cccc(C(C)C)c1NC(=O)c1cccc(C(N)=O)n1. The fourth-order valence-electron chi connectivity index (χ4n) is 2.57. The van der Waals surface area contributed by atoms with Crippen molar-refractivity contribution in [2.45, 2.75) is 39.5 Å². The normalized spacial score (nSPS) is 10.9. The molecule has 0 fully saturated rings. The van der Waals surface area contributed by atoms with E-state index < -0.39 is 5.91 Å². The molecular formula is C19H23N3O2. The Bertz CT molecular complexity index is 741. The van der Waals surface area contributed by atoms with E-state index in [2.05, 4.69) is 38.0 Å². The zero-order valence-corrected chi connectivity index (χ0v) is 14.5. The molecule has 2 aromatic rings. The molecule has 0 radical (unpaired) electrons. The average Bonchev–Trinajstić information content (AvgIpc) is 2.54. The number of pyridine rings is 1. The number of hydrogen-bond donors (Lipinski definition) is 2. The molecule has 3 N–H and O–H groups in total. The molecule has 0 aliphatic carbocycles. The molecule has 0 spiro atoms. The molecule has 126 valence electrons. The van der Waals surface area contributed by atoms with Crippen molar-refractivity contribution >= 4 is 17.5 Å². The van der Waals surface area contributed by atoms with E-state index in [-0.39, 0.29) is 29.1 Å². The number of para-hydroxylation sites is 1. The highest BCUT2D eigenvalue weighted by molar-refractivity contribution is 6.04. The van der Waals surface area contributed by atoms with E-state index in [1.54, 1.807) is 12.1 Å². The molecular weight excluding hydrogens is 302 g/mol. The summed E-state index contributed by atoms with van der Waals surface area (Å²) >= 11 is 0. The van der Waals surface area contributed by atoms with Crippen molar-refractivity contribution in [2.24, 2.45) is 5.73 Å². The molecule has 1 heterocycles. The summed E-state index contributed by atoms with van der Waals surface area (Å²) in [5.74, 6) is -0.476. The minimum atomic E-state index is -0.657. The maximum Gasteiger partial charge on any atom is 0.274 e. The minimum absolute atomic E-state index is 0.0730. The third-order valence-electron chi connectivity index (χ3n) is 3.85. The zero-order chi connectivity index (χ0) is 17.9. The Hall–Kier alpha value is -2.69. The molecule has 0 aliphatic rings. The van der Waals surface area contributed by atoms with Crippen LogP contribution in [0, 0.1) is 0 Å². The minimum Gasteiger partial charge on any atom is -0.364 e. The molecule has 5 heteroatoms. The van der Waals surface area contributed by atoms with Gasteiger partial charge in [0.15, 0.2) is 0 Å². The van der Waals surface area contributed by atoms with Crippen LogP contribution in [0.4, 0.5) is 5.69 Å². The molecule has 0 aliphatic heterocycles. The van der Waals surface area contributed by atoms with E-state index in [1.807, 2.05) is 18.2 Å². The lowest BCUT2D eigenvalue weighted by molar-refractivity contribution is 0.0995. The van der Waals surface area contributed by atoms with Crippen molar-refractivity contribution in [1.82, 2.24) is 4.98 Å². The number of aromatic nitrogens is 1. The molecule has 1 aromatic heterocycles. The van der Waals surface area contributed by atoms with Crippen LogP contribution in [0.25, 0.3) is 0 Å². The molecule has 0 saturated carbocycles. The van der Waals surface area contributed by atoms with Crippen LogP contribution in [0.3, 0.4) is 0 Å². The number of primary amides is 1. The number of carbonyl (C=O) groups is 2. The van der Waals surface area contributed by atoms with Gasteiger partial charge in [0.2, 0.25) is 0 Å². The summed E-state index contributed by atoms with van der Waals surface area (Å²) < 4.78 is 0. The third-order valence-corrected chi connectivity index (χ3v) is 3.85. The second-order valence-corrected chi connectivity index (χ2v) is 6.35. The Morgan fingerprint density at radius 1 is 0.917 bits per heavy atom. The number of nitrogens with two attached hydrogens (primary N) is 1. The van der Waals surface area contributed by atoms with Gasteiger partial charge >= 0.3 is 0 Å². The van der Waals surface area contributed by atoms with Gasteiger partial charge in [-0.2, -0.15) is 0 Å². The predicted molar refractivity (Wildman–Crippen MR) is 95.3 cm³/mol. The second-order valence-electron chi connectivity index (χ2n) is 6.35. The summed E-state index contributed by atoms with van der Waals surface area (Å²) in [6.07, 6.45) is 0. The molecule has 5 nitrogen and oxygen atoms in total. The number of hydrogen-bond acceptors (Lipinski definition) is 3. The zero-order valence-electron chi connectivity index (χ0n) is 14.5. The largest absolute Gasteiger partial charge is 0.364 e. The number of benzene rings is 1. The van der Waals surface area contributed by atoms with Gasteiger partial charge in [0, 0.05) is 5.69 Å². The van der Waals surface area contributed by atoms with Gasteiger partial charge in [0.05, 0.1) is 0 Å². The Kier molecular flexibility index (Phi) is 5.34. The number of anilines is 1. The number of rotatable bonds is 5. The van der Waals surface area contributed by atoms with Gasteiger partial charge < -0.3 is 11.1 Å². The summed E-state index contributed by atoms with van der Waals surface area (Å²) in [6, 6.07) is 10.7. The highest BCUT2D eigenvalue weighted by Crippen LogP contribution is 2.32. The molecule has 0 atom stereocenters. The Labute approximate surface area is 142 Å². The topological polar surface area (TPSA) is 85.1 Å². The van der Waals surface area contributed by atoms with Crippen LogP contribution in [0.1, 0.15) is 71.6 Å². The van der Waals surface area contributed by atoms with Gasteiger partial charge in [-0.25, -0.2) is 4.98 Å². The van der Waals surface area contributed by atoms with Gasteiger partial charge in [-0.15, -0.1) is 0 Å². The lowest BCUT2D eigenvalue weighted by Gasteiger charge is -2.20. The molecule has 1 aromatic carbocycles. The van der Waals surface area contributed by atoms with E-state index in [1.165, 1.54) is 6.07 Å². The van der Waals surface area contributed by atoms with Gasteiger partial charge in [-0.3, -0.25) is 9.59 Å². The van der Waals surface area contributed by atoms with E-state index in [4.69, 9.17) is 5.73 Å². The lowest BCUT2D eigenvalue weighted by Crippen LogP contribution is -2.20. The van der Waals surface area contributed by atoms with Crippen molar-refractivity contribution < 1.29 is 9.59 Å². The summed E-state index contributed by atoms with van der Waals surface area (Å²) in [5.41, 5.74) is 8.43. The quantitative estimate of drug-likeness (QED) is 0.879. The van der Waals surface area contributed by atoms with Crippen LogP contribution >= 0.6 is 0 Å². The number of nitrogens with zero attached hydrogens (tertiary/aromatic N) is 1. The van der Waals surface area contributed by atoms with E-state index >= 15 is 0 Å². The van der Waals surface area contributed by atoms with E-state index in [9.17, 15) is 9.59 Å². The Morgan fingerprint density at radius 3 is 1.92 bits per heavy atom. The van der Waals surface area contributed by atoms with Gasteiger partial charge in [0.1, 0.15) is 11.4 Å². The highest BCUT2D eigenvalue weighted by Gasteiger charge is 2.18. The molecule has 2 rings (SSSR count). The van der Waals surface area contributed by atoms with Gasteiger partial charge in [-0.05, 0) is 35.1 Å². The maximum absolute atomic E-state index is 12.6. The predicted octanol–water partition coefficient (Wildman–Crippen LogP) is 3.68. The maximum atomic E-state index is 12.6. The summed E-state index contributed by atoms with van der Waals surface area (Å²) in [6.45, 7) is 8.34. The Morgan fingerprint density at radius 2 is 1.42 bits per heavy atom. The van der Waals surface area contributed by atoms with Crippen LogP contribution < -0.4 is 11.1 Å². The number of nitrogens with one attached hydrogen (secondary N) is 1. The lowest BCUT2D eigenvalue weighted by atomic mass is 9.92. The van der Waals surface area contributed by atoms with Crippen LogP contribution in [-0.4, -0.2) is 16.8 Å². The Balaban J connectivity index is 2.41. The van der Waals surface area contributed by atoms with Crippen molar-refractivity contribution in [2.75, 3.05) is 5.32 Å². The van der Waals surface area contributed by atoms with Crippen LogP contribution in [-0.2, 0) is 0 Å². The standard InChI is InChI=1S/C19H23N3O2/c1-11(2)13-7-5-8-14(12(3)4)17(13)22-19(24)16-10-6-9-15(21-16)18(20)23/h5-12H,1-4H3,(H2,20,23)(H,22,24). The fraction of sp³-hybridized carbons (Fsp3) is 0.316. The summed E-state index contributed by atoms with van der Waals surface area (Å²) in [5, 5.41) is 2.97.